The molecule has 0 radical (unpaired) electrons. The Morgan fingerprint density at radius 3 is 1.59 bits per heavy atom. The second-order valence-corrected chi connectivity index (χ2v) is 8.65. The van der Waals surface area contributed by atoms with E-state index in [4.69, 9.17) is 4.74 Å². The Labute approximate surface area is 194 Å². The Kier molecular flexibility index (Phi) is 13.1. The van der Waals surface area contributed by atoms with Gasteiger partial charge in [-0.05, 0) is 30.7 Å². The van der Waals surface area contributed by atoms with E-state index in [9.17, 15) is 9.59 Å². The number of ketones is 2. The van der Waals surface area contributed by atoms with E-state index in [2.05, 4.69) is 6.92 Å². The first-order valence-electron chi connectivity index (χ1n) is 12.5. The summed E-state index contributed by atoms with van der Waals surface area (Å²) in [6, 6.07) is 16.1. The fraction of sp³-hybridized carbons (Fsp3) is 0.517. The van der Waals surface area contributed by atoms with Gasteiger partial charge in [-0.3, -0.25) is 9.59 Å². The van der Waals surface area contributed by atoms with Crippen LogP contribution in [0.1, 0.15) is 111 Å². The van der Waals surface area contributed by atoms with Gasteiger partial charge in [-0.2, -0.15) is 0 Å². The van der Waals surface area contributed by atoms with E-state index in [1.165, 1.54) is 70.6 Å². The maximum Gasteiger partial charge on any atom is 0.170 e. The highest BCUT2D eigenvalue weighted by Gasteiger charge is 2.13. The molecule has 0 aromatic heterocycles. The molecule has 3 nitrogen and oxygen atoms in total. The lowest BCUT2D eigenvalue weighted by molar-refractivity contribution is 0.0894. The van der Waals surface area contributed by atoms with E-state index < -0.39 is 0 Å². The van der Waals surface area contributed by atoms with E-state index in [1.807, 2.05) is 18.2 Å². The lowest BCUT2D eigenvalue weighted by atomic mass is 10.0. The normalized spacial score (nSPS) is 10.8. The summed E-state index contributed by atoms with van der Waals surface area (Å²) in [5.74, 6) is 0.466. The summed E-state index contributed by atoms with van der Waals surface area (Å²) in [5, 5.41) is 0. The molecule has 3 heteroatoms. The average molecular weight is 437 g/mol. The number of Topliss-reactive ketones (excluding diaryl/α,β-unsaturated/α-hetero) is 2. The number of benzene rings is 2. The summed E-state index contributed by atoms with van der Waals surface area (Å²) in [5.41, 5.74) is 1.12. The van der Waals surface area contributed by atoms with Gasteiger partial charge in [0.15, 0.2) is 11.6 Å². The summed E-state index contributed by atoms with van der Waals surface area (Å²) in [4.78, 5) is 24.6. The van der Waals surface area contributed by atoms with Crippen LogP contribution < -0.4 is 4.74 Å². The maximum absolute atomic E-state index is 12.4. The van der Waals surface area contributed by atoms with Gasteiger partial charge in [0, 0.05) is 11.1 Å². The molecule has 0 heterocycles. The zero-order valence-electron chi connectivity index (χ0n) is 19.8. The molecule has 0 atom stereocenters. The van der Waals surface area contributed by atoms with Crippen molar-refractivity contribution in [3.05, 3.63) is 65.7 Å². The van der Waals surface area contributed by atoms with Crippen molar-refractivity contribution < 1.29 is 14.3 Å². The summed E-state index contributed by atoms with van der Waals surface area (Å²) in [6.07, 6.45) is 15.8. The summed E-state index contributed by atoms with van der Waals surface area (Å²) in [7, 11) is 0. The molecule has 0 aliphatic carbocycles. The van der Waals surface area contributed by atoms with Gasteiger partial charge in [-0.15, -0.1) is 0 Å². The Morgan fingerprint density at radius 2 is 1.06 bits per heavy atom. The van der Waals surface area contributed by atoms with Crippen molar-refractivity contribution in [2.75, 3.05) is 6.61 Å². The first kappa shape index (κ1) is 25.8. The van der Waals surface area contributed by atoms with Crippen LogP contribution in [0.3, 0.4) is 0 Å². The summed E-state index contributed by atoms with van der Waals surface area (Å²) in [6.45, 7) is 2.97. The third kappa shape index (κ3) is 10.7. The highest BCUT2D eigenvalue weighted by Crippen LogP contribution is 2.16. The Hall–Kier alpha value is -2.42. The number of ether oxygens (including phenoxy) is 1. The number of hydrogen-bond acceptors (Lipinski definition) is 3. The van der Waals surface area contributed by atoms with Crippen molar-refractivity contribution >= 4 is 11.6 Å². The highest BCUT2D eigenvalue weighted by atomic mass is 16.5. The monoisotopic (exact) mass is 436 g/mol. The first-order chi connectivity index (χ1) is 15.7. The third-order valence-electron chi connectivity index (χ3n) is 5.86. The second-order valence-electron chi connectivity index (χ2n) is 8.65. The van der Waals surface area contributed by atoms with Gasteiger partial charge in [-0.1, -0.05) is 108 Å². The van der Waals surface area contributed by atoms with Gasteiger partial charge in [0.05, 0.1) is 13.0 Å². The zero-order chi connectivity index (χ0) is 22.9. The van der Waals surface area contributed by atoms with Crippen molar-refractivity contribution in [3.8, 4) is 5.75 Å². The van der Waals surface area contributed by atoms with Crippen molar-refractivity contribution in [1.29, 1.82) is 0 Å². The SMILES string of the molecule is CCCCCCCCCCCCCCOc1ccc(C(=O)CC(=O)c2ccccc2)cc1. The number of carbonyl (C=O) groups excluding carboxylic acids is 2. The van der Waals surface area contributed by atoms with Gasteiger partial charge < -0.3 is 4.74 Å². The minimum absolute atomic E-state index is 0.108. The summed E-state index contributed by atoms with van der Waals surface area (Å²) < 4.78 is 5.80. The van der Waals surface area contributed by atoms with E-state index in [0.29, 0.717) is 17.7 Å². The van der Waals surface area contributed by atoms with Crippen LogP contribution >= 0.6 is 0 Å². The topological polar surface area (TPSA) is 43.4 Å². The smallest absolute Gasteiger partial charge is 0.170 e. The molecule has 0 aliphatic heterocycles. The molecule has 0 unspecified atom stereocenters. The van der Waals surface area contributed by atoms with Crippen LogP contribution in [0.25, 0.3) is 0 Å². The van der Waals surface area contributed by atoms with Crippen molar-refractivity contribution in [2.24, 2.45) is 0 Å². The fourth-order valence-corrected chi connectivity index (χ4v) is 3.84. The lowest BCUT2D eigenvalue weighted by Gasteiger charge is -2.07. The van der Waals surface area contributed by atoms with Gasteiger partial charge in [0.1, 0.15) is 5.75 Å². The molecule has 0 saturated heterocycles. The van der Waals surface area contributed by atoms with Gasteiger partial charge >= 0.3 is 0 Å². The predicted octanol–water partition coefficient (Wildman–Crippen LogP) is 8.22. The van der Waals surface area contributed by atoms with Crippen molar-refractivity contribution in [1.82, 2.24) is 0 Å². The molecule has 174 valence electrons. The highest BCUT2D eigenvalue weighted by molar-refractivity contribution is 6.13. The Morgan fingerprint density at radius 1 is 0.594 bits per heavy atom. The maximum atomic E-state index is 12.4. The molecule has 0 fully saturated rings. The lowest BCUT2D eigenvalue weighted by Crippen LogP contribution is -2.08. The molecule has 32 heavy (non-hydrogen) atoms. The molecule has 2 aromatic rings. The predicted molar refractivity (Wildman–Crippen MR) is 133 cm³/mol. The molecule has 2 rings (SSSR count). The first-order valence-corrected chi connectivity index (χ1v) is 12.5. The van der Waals surface area contributed by atoms with E-state index in [0.717, 1.165) is 12.2 Å². The number of unbranched alkanes of at least 4 members (excludes halogenated alkanes) is 11. The quantitative estimate of drug-likeness (QED) is 0.134. The largest absolute Gasteiger partial charge is 0.494 e. The van der Waals surface area contributed by atoms with Gasteiger partial charge in [-0.25, -0.2) is 0 Å². The van der Waals surface area contributed by atoms with E-state index >= 15 is 0 Å². The molecule has 0 saturated carbocycles. The fourth-order valence-electron chi connectivity index (χ4n) is 3.84. The molecular formula is C29H40O3. The molecular weight excluding hydrogens is 396 g/mol. The molecule has 0 aliphatic rings. The minimum atomic E-state index is -0.161. The molecule has 0 spiro atoms. The van der Waals surface area contributed by atoms with Crippen molar-refractivity contribution in [3.63, 3.8) is 0 Å². The summed E-state index contributed by atoms with van der Waals surface area (Å²) >= 11 is 0. The molecule has 2 aromatic carbocycles. The number of hydrogen-bond donors (Lipinski definition) is 0. The van der Waals surface area contributed by atoms with Crippen LogP contribution in [0, 0.1) is 0 Å². The Balaban J connectivity index is 1.52. The van der Waals surface area contributed by atoms with Crippen LogP contribution in [-0.2, 0) is 0 Å². The zero-order valence-corrected chi connectivity index (χ0v) is 19.8. The molecule has 0 bridgehead atoms. The second kappa shape index (κ2) is 16.2. The third-order valence-corrected chi connectivity index (χ3v) is 5.86. The molecule has 0 amide bonds. The van der Waals surface area contributed by atoms with Crippen molar-refractivity contribution in [2.45, 2.75) is 90.4 Å². The number of carbonyl (C=O) groups is 2. The van der Waals surface area contributed by atoms with Crippen LogP contribution in [0.15, 0.2) is 54.6 Å². The van der Waals surface area contributed by atoms with Gasteiger partial charge in [0.2, 0.25) is 0 Å². The minimum Gasteiger partial charge on any atom is -0.494 e. The van der Waals surface area contributed by atoms with E-state index in [-0.39, 0.29) is 18.0 Å². The van der Waals surface area contributed by atoms with Crippen LogP contribution in [0.4, 0.5) is 0 Å². The van der Waals surface area contributed by atoms with Crippen LogP contribution in [-0.4, -0.2) is 18.2 Å². The Bertz CT molecular complexity index is 765. The average Bonchev–Trinajstić information content (AvgIpc) is 2.83. The molecule has 0 N–H and O–H groups in total. The van der Waals surface area contributed by atoms with Gasteiger partial charge in [0.25, 0.3) is 0 Å². The van der Waals surface area contributed by atoms with Crippen LogP contribution in [0.5, 0.6) is 5.75 Å². The standard InChI is InChI=1S/C29H40O3/c1-2-3-4-5-6-7-8-9-10-11-12-16-23-32-27-21-19-26(20-22-27)29(31)24-28(30)25-17-14-13-15-18-25/h13-15,17-22H,2-12,16,23-24H2,1H3. The van der Waals surface area contributed by atoms with E-state index in [1.54, 1.807) is 36.4 Å². The number of rotatable bonds is 18. The van der Waals surface area contributed by atoms with Crippen LogP contribution in [0.2, 0.25) is 0 Å².